The second kappa shape index (κ2) is 7.72. The molecule has 1 unspecified atom stereocenters. The van der Waals surface area contributed by atoms with E-state index in [0.29, 0.717) is 6.04 Å². The molecule has 1 aromatic heterocycles. The van der Waals surface area contributed by atoms with Crippen molar-refractivity contribution in [1.29, 1.82) is 0 Å². The van der Waals surface area contributed by atoms with E-state index in [-0.39, 0.29) is 0 Å². The summed E-state index contributed by atoms with van der Waals surface area (Å²) >= 11 is 0. The van der Waals surface area contributed by atoms with Gasteiger partial charge in [-0.1, -0.05) is 19.1 Å². The van der Waals surface area contributed by atoms with E-state index in [1.807, 2.05) is 6.92 Å². The molecule has 134 valence electrons. The van der Waals surface area contributed by atoms with Crippen LogP contribution in [-0.2, 0) is 0 Å². The number of anilines is 3. The number of hydrogen-bond donors (Lipinski definition) is 1. The summed E-state index contributed by atoms with van der Waals surface area (Å²) in [6.07, 6.45) is 1.08. The van der Waals surface area contributed by atoms with Crippen molar-refractivity contribution in [2.45, 2.75) is 40.2 Å². The number of aromatic nitrogens is 2. The van der Waals surface area contributed by atoms with Gasteiger partial charge in [0, 0.05) is 44.0 Å². The van der Waals surface area contributed by atoms with Crippen LogP contribution in [0.1, 0.15) is 31.7 Å². The summed E-state index contributed by atoms with van der Waals surface area (Å²) < 4.78 is 0. The second-order valence-corrected chi connectivity index (χ2v) is 6.93. The van der Waals surface area contributed by atoms with Gasteiger partial charge in [-0.25, -0.2) is 9.97 Å². The SMILES string of the molecule is CCC(C)Nc1cc(N2CCN(c3cccc(C)c3)CC2)nc(C)n1. The lowest BCUT2D eigenvalue weighted by Gasteiger charge is -2.37. The first-order valence-corrected chi connectivity index (χ1v) is 9.24. The minimum atomic E-state index is 0.417. The molecule has 5 nitrogen and oxygen atoms in total. The van der Waals surface area contributed by atoms with E-state index < -0.39 is 0 Å². The van der Waals surface area contributed by atoms with E-state index in [2.05, 4.69) is 76.2 Å². The Labute approximate surface area is 151 Å². The number of aryl methyl sites for hydroxylation is 2. The van der Waals surface area contributed by atoms with E-state index in [4.69, 9.17) is 0 Å². The van der Waals surface area contributed by atoms with Crippen LogP contribution in [0.15, 0.2) is 30.3 Å². The lowest BCUT2D eigenvalue weighted by Crippen LogP contribution is -2.47. The summed E-state index contributed by atoms with van der Waals surface area (Å²) in [4.78, 5) is 14.0. The molecule has 1 aliphatic heterocycles. The second-order valence-electron chi connectivity index (χ2n) is 6.93. The molecule has 0 radical (unpaired) electrons. The van der Waals surface area contributed by atoms with Gasteiger partial charge in [0.1, 0.15) is 17.5 Å². The number of hydrogen-bond acceptors (Lipinski definition) is 5. The molecule has 0 aliphatic carbocycles. The van der Waals surface area contributed by atoms with Gasteiger partial charge in [-0.3, -0.25) is 0 Å². The summed E-state index contributed by atoms with van der Waals surface area (Å²) in [6, 6.07) is 11.2. The van der Waals surface area contributed by atoms with Crippen LogP contribution in [0.25, 0.3) is 0 Å². The number of benzene rings is 1. The first-order chi connectivity index (χ1) is 12.0. The third-order valence-corrected chi connectivity index (χ3v) is 4.80. The topological polar surface area (TPSA) is 44.3 Å². The number of rotatable bonds is 5. The molecule has 1 atom stereocenters. The van der Waals surface area contributed by atoms with Crippen molar-refractivity contribution < 1.29 is 0 Å². The van der Waals surface area contributed by atoms with Crippen molar-refractivity contribution in [3.8, 4) is 0 Å². The van der Waals surface area contributed by atoms with Crippen molar-refractivity contribution in [1.82, 2.24) is 9.97 Å². The molecule has 1 aromatic carbocycles. The molecule has 0 bridgehead atoms. The first kappa shape index (κ1) is 17.5. The van der Waals surface area contributed by atoms with Crippen molar-refractivity contribution >= 4 is 17.3 Å². The van der Waals surface area contributed by atoms with E-state index in [1.54, 1.807) is 0 Å². The summed E-state index contributed by atoms with van der Waals surface area (Å²) in [5, 5.41) is 3.46. The Hall–Kier alpha value is -2.30. The Morgan fingerprint density at radius 3 is 2.44 bits per heavy atom. The summed E-state index contributed by atoms with van der Waals surface area (Å²) in [5.74, 6) is 2.78. The molecule has 5 heteroatoms. The van der Waals surface area contributed by atoms with E-state index in [1.165, 1.54) is 11.3 Å². The molecule has 25 heavy (non-hydrogen) atoms. The molecule has 2 heterocycles. The van der Waals surface area contributed by atoms with Gasteiger partial charge in [0.15, 0.2) is 0 Å². The number of nitrogens with one attached hydrogen (secondary N) is 1. The van der Waals surface area contributed by atoms with Gasteiger partial charge in [0.2, 0.25) is 0 Å². The van der Waals surface area contributed by atoms with Gasteiger partial charge in [-0.15, -0.1) is 0 Å². The maximum Gasteiger partial charge on any atom is 0.134 e. The van der Waals surface area contributed by atoms with Gasteiger partial charge in [0.05, 0.1) is 0 Å². The van der Waals surface area contributed by atoms with Gasteiger partial charge in [-0.05, 0) is 44.9 Å². The number of nitrogens with zero attached hydrogens (tertiary/aromatic N) is 4. The normalized spacial score (nSPS) is 16.0. The van der Waals surface area contributed by atoms with Crippen LogP contribution in [-0.4, -0.2) is 42.2 Å². The molecule has 0 saturated carbocycles. The van der Waals surface area contributed by atoms with Crippen LogP contribution < -0.4 is 15.1 Å². The summed E-state index contributed by atoms with van der Waals surface area (Å²) in [6.45, 7) is 12.5. The maximum absolute atomic E-state index is 4.66. The van der Waals surface area contributed by atoms with Crippen LogP contribution in [0.4, 0.5) is 17.3 Å². The van der Waals surface area contributed by atoms with Crippen molar-refractivity contribution in [2.75, 3.05) is 41.3 Å². The maximum atomic E-state index is 4.66. The van der Waals surface area contributed by atoms with Crippen molar-refractivity contribution in [2.24, 2.45) is 0 Å². The van der Waals surface area contributed by atoms with Crippen LogP contribution in [0, 0.1) is 13.8 Å². The zero-order valence-corrected chi connectivity index (χ0v) is 15.8. The average molecular weight is 339 g/mol. The molecule has 2 aromatic rings. The zero-order valence-electron chi connectivity index (χ0n) is 15.8. The highest BCUT2D eigenvalue weighted by Crippen LogP contribution is 2.22. The fourth-order valence-electron chi connectivity index (χ4n) is 3.16. The highest BCUT2D eigenvalue weighted by molar-refractivity contribution is 5.53. The highest BCUT2D eigenvalue weighted by atomic mass is 15.3. The molecular formula is C20H29N5. The lowest BCUT2D eigenvalue weighted by atomic mass is 10.2. The first-order valence-electron chi connectivity index (χ1n) is 9.24. The third-order valence-electron chi connectivity index (χ3n) is 4.80. The quantitative estimate of drug-likeness (QED) is 0.901. The molecule has 1 aliphatic rings. The van der Waals surface area contributed by atoms with Gasteiger partial charge < -0.3 is 15.1 Å². The van der Waals surface area contributed by atoms with Gasteiger partial charge >= 0.3 is 0 Å². The molecule has 0 spiro atoms. The number of piperazine rings is 1. The Kier molecular flexibility index (Phi) is 5.41. The van der Waals surface area contributed by atoms with Crippen LogP contribution in [0.2, 0.25) is 0 Å². The minimum Gasteiger partial charge on any atom is -0.368 e. The third kappa shape index (κ3) is 4.41. The molecule has 0 amide bonds. The molecular weight excluding hydrogens is 310 g/mol. The Morgan fingerprint density at radius 2 is 1.76 bits per heavy atom. The van der Waals surface area contributed by atoms with Crippen LogP contribution >= 0.6 is 0 Å². The molecule has 1 N–H and O–H groups in total. The Bertz CT molecular complexity index is 707. The van der Waals surface area contributed by atoms with E-state index >= 15 is 0 Å². The smallest absolute Gasteiger partial charge is 0.134 e. The minimum absolute atomic E-state index is 0.417. The van der Waals surface area contributed by atoms with E-state index in [0.717, 1.165) is 50.1 Å². The average Bonchev–Trinajstić information content (AvgIpc) is 2.61. The zero-order chi connectivity index (χ0) is 17.8. The standard InChI is InChI=1S/C20H29N5/c1-5-16(3)21-19-14-20(23-17(4)22-19)25-11-9-24(10-12-25)18-8-6-7-15(2)13-18/h6-8,13-14,16H,5,9-12H2,1-4H3,(H,21,22,23). The summed E-state index contributed by atoms with van der Waals surface area (Å²) in [7, 11) is 0. The Morgan fingerprint density at radius 1 is 1.04 bits per heavy atom. The fourth-order valence-corrected chi connectivity index (χ4v) is 3.16. The summed E-state index contributed by atoms with van der Waals surface area (Å²) in [5.41, 5.74) is 2.63. The van der Waals surface area contributed by atoms with Crippen molar-refractivity contribution in [3.63, 3.8) is 0 Å². The van der Waals surface area contributed by atoms with Crippen molar-refractivity contribution in [3.05, 3.63) is 41.7 Å². The highest BCUT2D eigenvalue weighted by Gasteiger charge is 2.19. The van der Waals surface area contributed by atoms with E-state index in [9.17, 15) is 0 Å². The lowest BCUT2D eigenvalue weighted by molar-refractivity contribution is 0.645. The van der Waals surface area contributed by atoms with Gasteiger partial charge in [0.25, 0.3) is 0 Å². The van der Waals surface area contributed by atoms with Gasteiger partial charge in [-0.2, -0.15) is 0 Å². The largest absolute Gasteiger partial charge is 0.368 e. The predicted molar refractivity (Wildman–Crippen MR) is 106 cm³/mol. The molecule has 1 saturated heterocycles. The molecule has 3 rings (SSSR count). The molecule has 1 fully saturated rings. The monoisotopic (exact) mass is 339 g/mol. The van der Waals surface area contributed by atoms with Crippen LogP contribution in [0.3, 0.4) is 0 Å². The fraction of sp³-hybridized carbons (Fsp3) is 0.500. The Balaban J connectivity index is 1.68. The van der Waals surface area contributed by atoms with Crippen LogP contribution in [0.5, 0.6) is 0 Å². The predicted octanol–water partition coefficient (Wildman–Crippen LogP) is 3.63.